The molecule has 0 saturated heterocycles. The van der Waals surface area contributed by atoms with Crippen molar-refractivity contribution in [3.63, 3.8) is 0 Å². The summed E-state index contributed by atoms with van der Waals surface area (Å²) in [5, 5.41) is 30.1. The highest BCUT2D eigenvalue weighted by Gasteiger charge is 2.23. The van der Waals surface area contributed by atoms with Crippen LogP contribution < -0.4 is 16.0 Å². The highest BCUT2D eigenvalue weighted by molar-refractivity contribution is 6.00. The van der Waals surface area contributed by atoms with Crippen molar-refractivity contribution in [3.8, 4) is 17.0 Å². The van der Waals surface area contributed by atoms with Crippen LogP contribution in [-0.4, -0.2) is 39.3 Å². The minimum atomic E-state index is -1.23. The van der Waals surface area contributed by atoms with Gasteiger partial charge >= 0.3 is 12.0 Å². The number of para-hydroxylation sites is 1. The van der Waals surface area contributed by atoms with Gasteiger partial charge in [0.05, 0.1) is 5.69 Å². The van der Waals surface area contributed by atoms with Crippen molar-refractivity contribution in [3.05, 3.63) is 96.0 Å². The summed E-state index contributed by atoms with van der Waals surface area (Å²) >= 11 is 0. The largest absolute Gasteiger partial charge is 0.508 e. The summed E-state index contributed by atoms with van der Waals surface area (Å²) in [6, 6.07) is 17.7. The Bertz CT molecular complexity index is 1420. The third-order valence-electron chi connectivity index (χ3n) is 5.27. The van der Waals surface area contributed by atoms with E-state index in [-0.39, 0.29) is 23.6 Å². The second-order valence-electron chi connectivity index (χ2n) is 7.95. The quantitative estimate of drug-likeness (QED) is 0.240. The molecule has 1 atom stereocenters. The highest BCUT2D eigenvalue weighted by Crippen LogP contribution is 2.22. The number of anilines is 2. The van der Waals surface area contributed by atoms with Gasteiger partial charge in [0.15, 0.2) is 0 Å². The molecule has 1 heterocycles. The van der Waals surface area contributed by atoms with Gasteiger partial charge in [-0.15, -0.1) is 0 Å². The Morgan fingerprint density at radius 3 is 2.32 bits per heavy atom. The normalized spacial score (nSPS) is 11.4. The number of halogens is 1. The van der Waals surface area contributed by atoms with E-state index in [1.165, 1.54) is 36.4 Å². The van der Waals surface area contributed by atoms with Crippen LogP contribution in [0.4, 0.5) is 20.6 Å². The van der Waals surface area contributed by atoms with E-state index in [1.54, 1.807) is 42.5 Å². The van der Waals surface area contributed by atoms with E-state index in [0.717, 1.165) is 0 Å². The summed E-state index contributed by atoms with van der Waals surface area (Å²) in [7, 11) is 0. The minimum absolute atomic E-state index is 0.00129. The predicted octanol–water partition coefficient (Wildman–Crippen LogP) is 4.26. The number of hydrogen-bond donors (Lipinski definition) is 5. The third-order valence-corrected chi connectivity index (χ3v) is 5.27. The number of aromatic hydroxyl groups is 1. The molecule has 1 unspecified atom stereocenters. The van der Waals surface area contributed by atoms with Gasteiger partial charge in [0, 0.05) is 23.7 Å². The van der Waals surface area contributed by atoms with Gasteiger partial charge in [-0.25, -0.2) is 14.0 Å². The first-order chi connectivity index (χ1) is 17.8. The van der Waals surface area contributed by atoms with Gasteiger partial charge in [-0.3, -0.25) is 4.79 Å². The number of rotatable bonds is 8. The van der Waals surface area contributed by atoms with Crippen molar-refractivity contribution in [1.29, 1.82) is 0 Å². The second-order valence-corrected chi connectivity index (χ2v) is 7.95. The van der Waals surface area contributed by atoms with Gasteiger partial charge in [-0.1, -0.05) is 41.6 Å². The van der Waals surface area contributed by atoms with Gasteiger partial charge in [-0.2, -0.15) is 0 Å². The van der Waals surface area contributed by atoms with Crippen molar-refractivity contribution in [2.45, 2.75) is 12.5 Å². The fraction of sp³-hybridized carbons (Fsp3) is 0.0769. The number of carbonyl (C=O) groups excluding carboxylic acids is 2. The van der Waals surface area contributed by atoms with Crippen LogP contribution in [-0.2, 0) is 11.2 Å². The number of nitrogens with one attached hydrogen (secondary N) is 3. The number of hydrogen-bond acceptors (Lipinski definition) is 6. The number of urea groups is 1. The number of amides is 3. The molecular weight excluding hydrogens is 483 g/mol. The zero-order valence-corrected chi connectivity index (χ0v) is 19.1. The molecule has 0 aliphatic heterocycles. The lowest BCUT2D eigenvalue weighted by molar-refractivity contribution is -0.139. The van der Waals surface area contributed by atoms with Crippen LogP contribution in [0, 0.1) is 5.82 Å². The molecule has 0 spiro atoms. The van der Waals surface area contributed by atoms with E-state index in [0.29, 0.717) is 22.5 Å². The van der Waals surface area contributed by atoms with Crippen molar-refractivity contribution >= 4 is 29.3 Å². The summed E-state index contributed by atoms with van der Waals surface area (Å²) < 4.78 is 18.8. The first kappa shape index (κ1) is 24.9. The van der Waals surface area contributed by atoms with Crippen LogP contribution in [0.2, 0.25) is 0 Å². The molecule has 0 aliphatic rings. The van der Waals surface area contributed by atoms with Crippen molar-refractivity contribution in [2.24, 2.45) is 0 Å². The molecule has 188 valence electrons. The SMILES string of the molecule is O=C(Nc1ccc(-c2cc(C(=O)NC(Cc3ccc(O)cc3)C(=O)O)on2)cc1)Nc1ccccc1F. The van der Waals surface area contributed by atoms with Crippen LogP contribution in [0.25, 0.3) is 11.3 Å². The standard InChI is InChI=1S/C26H21FN4O6/c27-19-3-1-2-4-20(19)30-26(36)28-17-9-7-16(8-10-17)21-14-23(37-31-21)24(33)29-22(25(34)35)13-15-5-11-18(32)12-6-15/h1-12,14,22,32H,13H2,(H,29,33)(H,34,35)(H2,28,30,36). The molecule has 11 heteroatoms. The Hall–Kier alpha value is -5.19. The summed E-state index contributed by atoms with van der Waals surface area (Å²) in [5.41, 5.74) is 1.97. The Balaban J connectivity index is 1.37. The lowest BCUT2D eigenvalue weighted by Gasteiger charge is -2.13. The van der Waals surface area contributed by atoms with E-state index in [2.05, 4.69) is 21.1 Å². The van der Waals surface area contributed by atoms with Gasteiger partial charge in [-0.05, 0) is 42.0 Å². The Kier molecular flexibility index (Phi) is 7.43. The van der Waals surface area contributed by atoms with Crippen LogP contribution in [0.3, 0.4) is 0 Å². The first-order valence-corrected chi connectivity index (χ1v) is 11.0. The van der Waals surface area contributed by atoms with E-state index < -0.39 is 29.8 Å². The third kappa shape index (κ3) is 6.48. The maximum absolute atomic E-state index is 13.7. The van der Waals surface area contributed by atoms with E-state index >= 15 is 0 Å². The molecule has 1 aromatic heterocycles. The summed E-state index contributed by atoms with van der Waals surface area (Å²) in [5.74, 6) is -2.69. The zero-order valence-electron chi connectivity index (χ0n) is 19.1. The van der Waals surface area contributed by atoms with E-state index in [9.17, 15) is 29.0 Å². The van der Waals surface area contributed by atoms with Crippen molar-refractivity contribution in [2.75, 3.05) is 10.6 Å². The lowest BCUT2D eigenvalue weighted by atomic mass is 10.1. The summed E-state index contributed by atoms with van der Waals surface area (Å²) in [4.78, 5) is 36.3. The zero-order chi connectivity index (χ0) is 26.4. The molecule has 3 amide bonds. The average molecular weight is 504 g/mol. The monoisotopic (exact) mass is 504 g/mol. The van der Waals surface area contributed by atoms with Crippen molar-refractivity contribution in [1.82, 2.24) is 10.5 Å². The van der Waals surface area contributed by atoms with Crippen LogP contribution in [0.1, 0.15) is 16.1 Å². The van der Waals surface area contributed by atoms with Gasteiger partial charge in [0.2, 0.25) is 5.76 Å². The molecule has 0 saturated carbocycles. The van der Waals surface area contributed by atoms with Crippen LogP contribution in [0.5, 0.6) is 5.75 Å². The lowest BCUT2D eigenvalue weighted by Crippen LogP contribution is -2.42. The van der Waals surface area contributed by atoms with Crippen LogP contribution in [0.15, 0.2) is 83.4 Å². The maximum atomic E-state index is 13.7. The fourth-order valence-electron chi connectivity index (χ4n) is 3.39. The molecule has 10 nitrogen and oxygen atoms in total. The van der Waals surface area contributed by atoms with E-state index in [4.69, 9.17) is 4.52 Å². The molecular formula is C26H21FN4O6. The second kappa shape index (κ2) is 11.0. The number of benzene rings is 3. The number of aliphatic carboxylic acids is 1. The van der Waals surface area contributed by atoms with Gasteiger partial charge in [0.25, 0.3) is 5.91 Å². The molecule has 0 aliphatic carbocycles. The number of carbonyl (C=O) groups is 3. The summed E-state index contributed by atoms with van der Waals surface area (Å²) in [6.45, 7) is 0. The topological polar surface area (TPSA) is 154 Å². The average Bonchev–Trinajstić information content (AvgIpc) is 3.37. The first-order valence-electron chi connectivity index (χ1n) is 11.0. The number of phenols is 1. The number of aromatic nitrogens is 1. The van der Waals surface area contributed by atoms with E-state index in [1.807, 2.05) is 0 Å². The van der Waals surface area contributed by atoms with Crippen molar-refractivity contribution < 1.29 is 33.5 Å². The highest BCUT2D eigenvalue weighted by atomic mass is 19.1. The fourth-order valence-corrected chi connectivity index (χ4v) is 3.39. The molecule has 0 bridgehead atoms. The number of nitrogens with zero attached hydrogens (tertiary/aromatic N) is 1. The Morgan fingerprint density at radius 2 is 1.65 bits per heavy atom. The molecule has 3 aromatic carbocycles. The Morgan fingerprint density at radius 1 is 0.946 bits per heavy atom. The van der Waals surface area contributed by atoms with Gasteiger partial charge in [0.1, 0.15) is 23.3 Å². The number of carboxylic acid groups (broad SMARTS) is 1. The number of carboxylic acids is 1. The summed E-state index contributed by atoms with van der Waals surface area (Å²) in [6.07, 6.45) is 0.00129. The minimum Gasteiger partial charge on any atom is -0.508 e. The maximum Gasteiger partial charge on any atom is 0.326 e. The number of phenolic OH excluding ortho intramolecular Hbond substituents is 1. The Labute approximate surface area is 209 Å². The molecule has 0 fully saturated rings. The predicted molar refractivity (Wildman–Crippen MR) is 132 cm³/mol. The smallest absolute Gasteiger partial charge is 0.326 e. The molecule has 37 heavy (non-hydrogen) atoms. The van der Waals surface area contributed by atoms with Crippen LogP contribution >= 0.6 is 0 Å². The van der Waals surface area contributed by atoms with Gasteiger partial charge < -0.3 is 30.7 Å². The molecule has 0 radical (unpaired) electrons. The molecule has 5 N–H and O–H groups in total. The molecule has 4 aromatic rings. The molecule has 4 rings (SSSR count).